The number of ketones is 1. The summed E-state index contributed by atoms with van der Waals surface area (Å²) < 4.78 is 38.6. The number of halogens is 3. The van der Waals surface area contributed by atoms with E-state index in [1.54, 1.807) is 7.05 Å². The van der Waals surface area contributed by atoms with Gasteiger partial charge < -0.3 is 5.32 Å². The molecular weight excluding hydrogens is 231 g/mol. The third kappa shape index (κ3) is 3.85. The second kappa shape index (κ2) is 5.82. The summed E-state index contributed by atoms with van der Waals surface area (Å²) in [4.78, 5) is 10.9. The summed E-state index contributed by atoms with van der Waals surface area (Å²) in [5, 5.41) is 2.88. The Morgan fingerprint density at radius 2 is 1.82 bits per heavy atom. The van der Waals surface area contributed by atoms with E-state index in [0.717, 1.165) is 12.1 Å². The Morgan fingerprint density at radius 1 is 1.29 bits per heavy atom. The van der Waals surface area contributed by atoms with Gasteiger partial charge in [0.15, 0.2) is 17.5 Å². The van der Waals surface area contributed by atoms with Crippen LogP contribution in [0.25, 0.3) is 0 Å². The van der Waals surface area contributed by atoms with Crippen LogP contribution in [-0.2, 0) is 11.2 Å². The Bertz CT molecular complexity index is 397. The Kier molecular flexibility index (Phi) is 4.69. The largest absolute Gasteiger partial charge is 0.316 e. The van der Waals surface area contributed by atoms with Crippen molar-refractivity contribution in [1.29, 1.82) is 0 Å². The Hall–Kier alpha value is -1.36. The van der Waals surface area contributed by atoms with Crippen molar-refractivity contribution in [2.45, 2.75) is 25.8 Å². The second-order valence-electron chi connectivity index (χ2n) is 3.97. The molecule has 0 radical (unpaired) electrons. The highest BCUT2D eigenvalue weighted by molar-refractivity contribution is 5.76. The highest BCUT2D eigenvalue weighted by atomic mass is 19.2. The number of rotatable bonds is 5. The van der Waals surface area contributed by atoms with Gasteiger partial charge in [-0.25, -0.2) is 13.2 Å². The van der Waals surface area contributed by atoms with Crippen molar-refractivity contribution in [3.05, 3.63) is 35.1 Å². The summed E-state index contributed by atoms with van der Waals surface area (Å²) in [5.41, 5.74) is 0.321. The Balaban J connectivity index is 2.83. The zero-order valence-electron chi connectivity index (χ0n) is 9.69. The van der Waals surface area contributed by atoms with Gasteiger partial charge >= 0.3 is 0 Å². The van der Waals surface area contributed by atoms with Crippen molar-refractivity contribution in [2.24, 2.45) is 0 Å². The molecule has 2 nitrogen and oxygen atoms in total. The van der Waals surface area contributed by atoms with Gasteiger partial charge in [-0.15, -0.1) is 0 Å². The number of nitrogens with one attached hydrogen (secondary N) is 1. The molecular formula is C12H14F3NO. The molecule has 0 aliphatic heterocycles. The molecule has 0 aromatic heterocycles. The van der Waals surface area contributed by atoms with Crippen LogP contribution in [0.1, 0.15) is 18.9 Å². The molecule has 1 N–H and O–H groups in total. The number of hydrogen-bond acceptors (Lipinski definition) is 2. The molecule has 1 aromatic rings. The van der Waals surface area contributed by atoms with Crippen LogP contribution < -0.4 is 5.32 Å². The van der Waals surface area contributed by atoms with Crippen LogP contribution in [0, 0.1) is 17.5 Å². The summed E-state index contributed by atoms with van der Waals surface area (Å²) in [7, 11) is 1.66. The molecule has 17 heavy (non-hydrogen) atoms. The molecule has 1 rings (SSSR count). The highest BCUT2D eigenvalue weighted by Crippen LogP contribution is 2.15. The number of Topliss-reactive ketones (excluding diaryl/α,β-unsaturated/α-hetero) is 1. The number of hydrogen-bond donors (Lipinski definition) is 1. The first-order valence-corrected chi connectivity index (χ1v) is 5.24. The van der Waals surface area contributed by atoms with E-state index < -0.39 is 17.5 Å². The lowest BCUT2D eigenvalue weighted by atomic mass is 10.0. The predicted molar refractivity (Wildman–Crippen MR) is 58.2 cm³/mol. The molecule has 5 heteroatoms. The second-order valence-corrected chi connectivity index (χ2v) is 3.97. The quantitative estimate of drug-likeness (QED) is 0.806. The van der Waals surface area contributed by atoms with Gasteiger partial charge in [-0.1, -0.05) is 0 Å². The number of carbonyl (C=O) groups excluding carboxylic acids is 1. The van der Waals surface area contributed by atoms with Crippen molar-refractivity contribution >= 4 is 5.78 Å². The van der Waals surface area contributed by atoms with Crippen molar-refractivity contribution in [3.8, 4) is 0 Å². The van der Waals surface area contributed by atoms with Crippen LogP contribution in [0.3, 0.4) is 0 Å². The van der Waals surface area contributed by atoms with Crippen LogP contribution in [0.15, 0.2) is 12.1 Å². The number of carbonyl (C=O) groups is 1. The standard InChI is InChI=1S/C12H14F3NO/c1-7(17)3-9(16-2)4-8-5-10(13)12(15)11(14)6-8/h5-6,9,16H,3-4H2,1-2H3/t9-/m1/s1. The molecule has 0 aliphatic rings. The molecule has 0 unspecified atom stereocenters. The third-order valence-corrected chi connectivity index (χ3v) is 2.47. The fourth-order valence-corrected chi connectivity index (χ4v) is 1.63. The van der Waals surface area contributed by atoms with Crippen LogP contribution in [-0.4, -0.2) is 18.9 Å². The molecule has 0 bridgehead atoms. The molecule has 0 aliphatic carbocycles. The summed E-state index contributed by atoms with van der Waals surface area (Å²) >= 11 is 0. The zero-order valence-corrected chi connectivity index (χ0v) is 9.69. The van der Waals surface area contributed by atoms with Crippen LogP contribution in [0.5, 0.6) is 0 Å². The van der Waals surface area contributed by atoms with Gasteiger partial charge in [0.25, 0.3) is 0 Å². The maximum atomic E-state index is 13.0. The zero-order chi connectivity index (χ0) is 13.0. The van der Waals surface area contributed by atoms with Crippen molar-refractivity contribution < 1.29 is 18.0 Å². The van der Waals surface area contributed by atoms with Gasteiger partial charge in [0, 0.05) is 12.5 Å². The maximum Gasteiger partial charge on any atom is 0.194 e. The third-order valence-electron chi connectivity index (χ3n) is 2.47. The molecule has 0 saturated carbocycles. The lowest BCUT2D eigenvalue weighted by molar-refractivity contribution is -0.117. The monoisotopic (exact) mass is 245 g/mol. The fourth-order valence-electron chi connectivity index (χ4n) is 1.63. The average molecular weight is 245 g/mol. The molecule has 0 heterocycles. The van der Waals surface area contributed by atoms with E-state index in [0.29, 0.717) is 5.56 Å². The summed E-state index contributed by atoms with van der Waals surface area (Å²) in [6.45, 7) is 1.44. The van der Waals surface area contributed by atoms with Gasteiger partial charge in [0.05, 0.1) is 0 Å². The van der Waals surface area contributed by atoms with Crippen LogP contribution >= 0.6 is 0 Å². The number of likely N-dealkylation sites (N-methyl/N-ethyl adjacent to an activating group) is 1. The van der Waals surface area contributed by atoms with Gasteiger partial charge in [-0.2, -0.15) is 0 Å². The van der Waals surface area contributed by atoms with Crippen molar-refractivity contribution in [2.75, 3.05) is 7.05 Å². The fraction of sp³-hybridized carbons (Fsp3) is 0.417. The van der Waals surface area contributed by atoms with E-state index in [1.165, 1.54) is 6.92 Å². The molecule has 0 saturated heterocycles. The Morgan fingerprint density at radius 3 is 2.24 bits per heavy atom. The average Bonchev–Trinajstić information content (AvgIpc) is 2.24. The van der Waals surface area contributed by atoms with Crippen molar-refractivity contribution in [1.82, 2.24) is 5.32 Å². The van der Waals surface area contributed by atoms with Gasteiger partial charge in [0.2, 0.25) is 0 Å². The molecule has 94 valence electrons. The minimum Gasteiger partial charge on any atom is -0.316 e. The predicted octanol–water partition coefficient (Wildman–Crippen LogP) is 2.21. The summed E-state index contributed by atoms with van der Waals surface area (Å²) in [6.07, 6.45) is 0.529. The Labute approximate surface area is 97.8 Å². The molecule has 0 spiro atoms. The first-order chi connectivity index (χ1) is 7.93. The topological polar surface area (TPSA) is 29.1 Å². The van der Waals surface area contributed by atoms with E-state index in [-0.39, 0.29) is 24.7 Å². The molecule has 1 atom stereocenters. The first kappa shape index (κ1) is 13.7. The summed E-state index contributed by atoms with van der Waals surface area (Å²) in [5.74, 6) is -3.91. The van der Waals surface area contributed by atoms with Crippen LogP contribution in [0.4, 0.5) is 13.2 Å². The van der Waals surface area contributed by atoms with E-state index in [4.69, 9.17) is 0 Å². The smallest absolute Gasteiger partial charge is 0.194 e. The highest BCUT2D eigenvalue weighted by Gasteiger charge is 2.14. The normalized spacial score (nSPS) is 12.5. The van der Waals surface area contributed by atoms with Crippen LogP contribution in [0.2, 0.25) is 0 Å². The first-order valence-electron chi connectivity index (χ1n) is 5.24. The molecule has 0 fully saturated rings. The minimum atomic E-state index is -1.47. The van der Waals surface area contributed by atoms with E-state index in [1.807, 2.05) is 0 Å². The SMILES string of the molecule is CN[C@H](CC(C)=O)Cc1cc(F)c(F)c(F)c1. The minimum absolute atomic E-state index is 0.0209. The van der Waals surface area contributed by atoms with Gasteiger partial charge in [-0.3, -0.25) is 4.79 Å². The van der Waals surface area contributed by atoms with Gasteiger partial charge in [-0.05, 0) is 38.1 Å². The van der Waals surface area contributed by atoms with Gasteiger partial charge in [0.1, 0.15) is 5.78 Å². The lowest BCUT2D eigenvalue weighted by Crippen LogP contribution is -2.29. The molecule has 1 aromatic carbocycles. The maximum absolute atomic E-state index is 13.0. The molecule has 0 amide bonds. The van der Waals surface area contributed by atoms with E-state index in [2.05, 4.69) is 5.32 Å². The summed E-state index contributed by atoms with van der Waals surface area (Å²) in [6, 6.07) is 1.68. The van der Waals surface area contributed by atoms with E-state index >= 15 is 0 Å². The number of benzene rings is 1. The van der Waals surface area contributed by atoms with Crippen molar-refractivity contribution in [3.63, 3.8) is 0 Å². The lowest BCUT2D eigenvalue weighted by Gasteiger charge is -2.14. The van der Waals surface area contributed by atoms with E-state index in [9.17, 15) is 18.0 Å².